The van der Waals surface area contributed by atoms with Crippen LogP contribution in [0.25, 0.3) is 0 Å². The zero-order chi connectivity index (χ0) is 12.9. The van der Waals surface area contributed by atoms with Crippen molar-refractivity contribution in [1.29, 1.82) is 0 Å². The summed E-state index contributed by atoms with van der Waals surface area (Å²) < 4.78 is 5.14. The number of ether oxygens (including phenoxy) is 1. The van der Waals surface area contributed by atoms with Crippen molar-refractivity contribution in [2.24, 2.45) is 0 Å². The molecule has 1 fully saturated rings. The molecule has 0 unspecified atom stereocenters. The number of nitrogens with one attached hydrogen (secondary N) is 1. The van der Waals surface area contributed by atoms with Gasteiger partial charge in [-0.2, -0.15) is 0 Å². The van der Waals surface area contributed by atoms with E-state index in [0.29, 0.717) is 6.54 Å². The van der Waals surface area contributed by atoms with Crippen molar-refractivity contribution < 1.29 is 14.6 Å². The van der Waals surface area contributed by atoms with Gasteiger partial charge in [0.1, 0.15) is 5.60 Å². The van der Waals surface area contributed by atoms with Crippen LogP contribution >= 0.6 is 0 Å². The summed E-state index contributed by atoms with van der Waals surface area (Å²) in [6, 6.07) is 0. The van der Waals surface area contributed by atoms with Crippen LogP contribution in [-0.4, -0.2) is 28.9 Å². The van der Waals surface area contributed by atoms with E-state index in [1.807, 2.05) is 20.8 Å². The third kappa shape index (κ3) is 5.91. The molecule has 1 rings (SSSR count). The van der Waals surface area contributed by atoms with Gasteiger partial charge in [0.15, 0.2) is 0 Å². The first kappa shape index (κ1) is 14.3. The summed E-state index contributed by atoms with van der Waals surface area (Å²) in [4.78, 5) is 11.5. The van der Waals surface area contributed by atoms with E-state index >= 15 is 0 Å². The summed E-state index contributed by atoms with van der Waals surface area (Å²) in [6.07, 6.45) is 5.50. The molecule has 4 nitrogen and oxygen atoms in total. The lowest BCUT2D eigenvalue weighted by molar-refractivity contribution is 0.0142. The lowest BCUT2D eigenvalue weighted by atomic mass is 9.95. The summed E-state index contributed by atoms with van der Waals surface area (Å²) in [7, 11) is 0. The van der Waals surface area contributed by atoms with Gasteiger partial charge in [0.05, 0.1) is 5.60 Å². The molecule has 0 saturated heterocycles. The highest BCUT2D eigenvalue weighted by Gasteiger charge is 2.29. The van der Waals surface area contributed by atoms with Gasteiger partial charge in [0.2, 0.25) is 0 Å². The Labute approximate surface area is 104 Å². The van der Waals surface area contributed by atoms with Crippen LogP contribution in [0.3, 0.4) is 0 Å². The highest BCUT2D eigenvalue weighted by Crippen LogP contribution is 2.26. The molecule has 0 atom stereocenters. The fourth-order valence-electron chi connectivity index (χ4n) is 2.11. The van der Waals surface area contributed by atoms with E-state index in [9.17, 15) is 9.90 Å². The Bertz CT molecular complexity index is 250. The number of carbonyl (C=O) groups excluding carboxylic acids is 1. The van der Waals surface area contributed by atoms with Crippen LogP contribution in [-0.2, 0) is 4.74 Å². The lowest BCUT2D eigenvalue weighted by Gasteiger charge is -2.27. The summed E-state index contributed by atoms with van der Waals surface area (Å²) in [5.41, 5.74) is -1.23. The normalized spacial score (nSPS) is 20.5. The maximum atomic E-state index is 11.5. The number of rotatable bonds is 2. The maximum absolute atomic E-state index is 11.5. The average Bonchev–Trinajstić information content (AvgIpc) is 2.38. The van der Waals surface area contributed by atoms with Gasteiger partial charge < -0.3 is 15.2 Å². The Hall–Kier alpha value is -0.770. The van der Waals surface area contributed by atoms with Crippen molar-refractivity contribution in [2.75, 3.05) is 6.54 Å². The Kier molecular flexibility index (Phi) is 4.80. The minimum atomic E-state index is -0.743. The number of carbonyl (C=O) groups is 1. The van der Waals surface area contributed by atoms with Crippen LogP contribution < -0.4 is 5.32 Å². The molecule has 0 bridgehead atoms. The SMILES string of the molecule is CC(C)(C)OC(=O)NCC1(O)CCCCCC1. The van der Waals surface area contributed by atoms with E-state index < -0.39 is 17.3 Å². The van der Waals surface area contributed by atoms with Crippen LogP contribution in [0.4, 0.5) is 4.79 Å². The number of aliphatic hydroxyl groups is 1. The highest BCUT2D eigenvalue weighted by molar-refractivity contribution is 5.67. The van der Waals surface area contributed by atoms with Gasteiger partial charge in [0, 0.05) is 6.54 Å². The fraction of sp³-hybridized carbons (Fsp3) is 0.923. The molecule has 100 valence electrons. The molecule has 2 N–H and O–H groups in total. The summed E-state index contributed by atoms with van der Waals surface area (Å²) in [6.45, 7) is 5.77. The van der Waals surface area contributed by atoms with Gasteiger partial charge in [-0.05, 0) is 33.6 Å². The van der Waals surface area contributed by atoms with Gasteiger partial charge >= 0.3 is 6.09 Å². The molecule has 0 radical (unpaired) electrons. The zero-order valence-electron chi connectivity index (χ0n) is 11.2. The first-order chi connectivity index (χ1) is 7.81. The lowest BCUT2D eigenvalue weighted by Crippen LogP contribution is -2.44. The van der Waals surface area contributed by atoms with Crippen LogP contribution in [0, 0.1) is 0 Å². The van der Waals surface area contributed by atoms with Crippen LogP contribution in [0.15, 0.2) is 0 Å². The smallest absolute Gasteiger partial charge is 0.407 e. The molecule has 17 heavy (non-hydrogen) atoms. The molecular weight excluding hydrogens is 218 g/mol. The molecule has 1 aliphatic carbocycles. The molecule has 1 amide bonds. The topological polar surface area (TPSA) is 58.6 Å². The first-order valence-corrected chi connectivity index (χ1v) is 6.50. The second-order valence-corrected chi connectivity index (χ2v) is 5.99. The van der Waals surface area contributed by atoms with Gasteiger partial charge in [0.25, 0.3) is 0 Å². The van der Waals surface area contributed by atoms with Crippen LogP contribution in [0.2, 0.25) is 0 Å². The second-order valence-electron chi connectivity index (χ2n) is 5.99. The molecule has 0 aromatic rings. The minimum Gasteiger partial charge on any atom is -0.444 e. The van der Waals surface area contributed by atoms with Crippen LogP contribution in [0.5, 0.6) is 0 Å². The van der Waals surface area contributed by atoms with Crippen molar-refractivity contribution in [1.82, 2.24) is 5.32 Å². The van der Waals surface area contributed by atoms with E-state index in [-0.39, 0.29) is 0 Å². The third-order valence-electron chi connectivity index (χ3n) is 2.99. The van der Waals surface area contributed by atoms with Crippen molar-refractivity contribution in [3.63, 3.8) is 0 Å². The summed E-state index contributed by atoms with van der Waals surface area (Å²) in [5.74, 6) is 0. The van der Waals surface area contributed by atoms with Crippen molar-refractivity contribution >= 4 is 6.09 Å². The van der Waals surface area contributed by atoms with Gasteiger partial charge in [-0.25, -0.2) is 4.79 Å². The molecular formula is C13H25NO3. The Morgan fingerprint density at radius 1 is 1.24 bits per heavy atom. The van der Waals surface area contributed by atoms with Gasteiger partial charge in [-0.1, -0.05) is 25.7 Å². The highest BCUT2D eigenvalue weighted by atomic mass is 16.6. The van der Waals surface area contributed by atoms with E-state index in [4.69, 9.17) is 4.74 Å². The molecule has 1 aliphatic rings. The van der Waals surface area contributed by atoms with Gasteiger partial charge in [-0.3, -0.25) is 0 Å². The standard InChI is InChI=1S/C13H25NO3/c1-12(2,3)17-11(15)14-10-13(16)8-6-4-5-7-9-13/h16H,4-10H2,1-3H3,(H,14,15). The Morgan fingerprint density at radius 2 is 1.76 bits per heavy atom. The molecule has 0 aromatic heterocycles. The quantitative estimate of drug-likeness (QED) is 0.733. The predicted octanol–water partition coefficient (Wildman–Crippen LogP) is 2.60. The minimum absolute atomic E-state index is 0.294. The van der Waals surface area contributed by atoms with E-state index in [1.165, 1.54) is 12.8 Å². The third-order valence-corrected chi connectivity index (χ3v) is 2.99. The number of hydrogen-bond acceptors (Lipinski definition) is 3. The summed E-state index contributed by atoms with van der Waals surface area (Å²) in [5, 5.41) is 13.0. The summed E-state index contributed by atoms with van der Waals surface area (Å²) >= 11 is 0. The fourth-order valence-corrected chi connectivity index (χ4v) is 2.11. The van der Waals surface area contributed by atoms with Crippen molar-refractivity contribution in [3.8, 4) is 0 Å². The first-order valence-electron chi connectivity index (χ1n) is 6.50. The van der Waals surface area contributed by atoms with Crippen molar-refractivity contribution in [3.05, 3.63) is 0 Å². The van der Waals surface area contributed by atoms with Crippen molar-refractivity contribution in [2.45, 2.75) is 70.5 Å². The predicted molar refractivity (Wildman–Crippen MR) is 66.9 cm³/mol. The van der Waals surface area contributed by atoms with Crippen LogP contribution in [0.1, 0.15) is 59.3 Å². The monoisotopic (exact) mass is 243 g/mol. The van der Waals surface area contributed by atoms with Gasteiger partial charge in [-0.15, -0.1) is 0 Å². The van der Waals surface area contributed by atoms with E-state index in [0.717, 1.165) is 25.7 Å². The Balaban J connectivity index is 2.35. The molecule has 0 aromatic carbocycles. The molecule has 4 heteroatoms. The second kappa shape index (κ2) is 5.71. The number of alkyl carbamates (subject to hydrolysis) is 1. The maximum Gasteiger partial charge on any atom is 0.407 e. The van der Waals surface area contributed by atoms with E-state index in [2.05, 4.69) is 5.32 Å². The molecule has 0 aliphatic heterocycles. The molecule has 1 saturated carbocycles. The molecule has 0 spiro atoms. The average molecular weight is 243 g/mol. The number of amides is 1. The number of hydrogen-bond donors (Lipinski definition) is 2. The molecule has 0 heterocycles. The zero-order valence-corrected chi connectivity index (χ0v) is 11.2. The van der Waals surface area contributed by atoms with E-state index in [1.54, 1.807) is 0 Å². The Morgan fingerprint density at radius 3 is 2.24 bits per heavy atom. The largest absolute Gasteiger partial charge is 0.444 e.